The van der Waals surface area contributed by atoms with Crippen LogP contribution in [0.25, 0.3) is 0 Å². The molecule has 1 fully saturated rings. The molecule has 28 heavy (non-hydrogen) atoms. The number of nitrogens with zero attached hydrogens (tertiary/aromatic N) is 3. The van der Waals surface area contributed by atoms with Gasteiger partial charge in [-0.1, -0.05) is 18.2 Å². The van der Waals surface area contributed by atoms with Crippen LogP contribution < -0.4 is 10.1 Å². The Morgan fingerprint density at radius 2 is 2.07 bits per heavy atom. The molecule has 7 nitrogen and oxygen atoms in total. The number of carbonyl (C=O) groups is 1. The minimum absolute atomic E-state index is 0.170. The number of rotatable bonds is 7. The molecule has 0 spiro atoms. The first-order valence-corrected chi connectivity index (χ1v) is 9.34. The molecule has 1 N–H and O–H groups in total. The zero-order valence-electron chi connectivity index (χ0n) is 15.5. The SMILES string of the molecule is O=C(Nc1ccccc1Cn1cncn1)c1ccc(OCC2CCCO2)cc1. The lowest BCUT2D eigenvalue weighted by Crippen LogP contribution is -2.16. The molecule has 3 aromatic rings. The molecule has 2 heterocycles. The van der Waals surface area contributed by atoms with Gasteiger partial charge in [0.2, 0.25) is 0 Å². The highest BCUT2D eigenvalue weighted by atomic mass is 16.5. The van der Waals surface area contributed by atoms with Gasteiger partial charge in [0, 0.05) is 17.9 Å². The van der Waals surface area contributed by atoms with Crippen LogP contribution in [0, 0.1) is 0 Å². The summed E-state index contributed by atoms with van der Waals surface area (Å²) in [5, 5.41) is 7.09. The minimum Gasteiger partial charge on any atom is -0.491 e. The third kappa shape index (κ3) is 4.55. The van der Waals surface area contributed by atoms with Crippen molar-refractivity contribution >= 4 is 11.6 Å². The van der Waals surface area contributed by atoms with Gasteiger partial charge in [0.1, 0.15) is 25.0 Å². The number of hydrogen-bond acceptors (Lipinski definition) is 5. The van der Waals surface area contributed by atoms with Crippen molar-refractivity contribution in [1.82, 2.24) is 14.8 Å². The van der Waals surface area contributed by atoms with Crippen LogP contribution in [0.2, 0.25) is 0 Å². The molecule has 1 aliphatic heterocycles. The molecule has 1 amide bonds. The molecule has 2 aromatic carbocycles. The van der Waals surface area contributed by atoms with Crippen molar-refractivity contribution in [3.05, 3.63) is 72.3 Å². The van der Waals surface area contributed by atoms with Gasteiger partial charge in [-0.25, -0.2) is 9.67 Å². The molecule has 1 aliphatic rings. The molecule has 4 rings (SSSR count). The summed E-state index contributed by atoms with van der Waals surface area (Å²) in [4.78, 5) is 16.6. The van der Waals surface area contributed by atoms with Gasteiger partial charge in [-0.15, -0.1) is 0 Å². The largest absolute Gasteiger partial charge is 0.491 e. The fourth-order valence-electron chi connectivity index (χ4n) is 3.13. The van der Waals surface area contributed by atoms with E-state index in [9.17, 15) is 4.79 Å². The Morgan fingerprint density at radius 3 is 2.82 bits per heavy atom. The van der Waals surface area contributed by atoms with Gasteiger partial charge in [-0.05, 0) is 48.7 Å². The van der Waals surface area contributed by atoms with Crippen LogP contribution in [-0.4, -0.2) is 40.0 Å². The highest BCUT2D eigenvalue weighted by Crippen LogP contribution is 2.19. The average molecular weight is 378 g/mol. The molecule has 0 saturated carbocycles. The molecule has 0 aliphatic carbocycles. The molecule has 0 bridgehead atoms. The first kappa shape index (κ1) is 18.2. The van der Waals surface area contributed by atoms with Crippen LogP contribution in [-0.2, 0) is 11.3 Å². The van der Waals surface area contributed by atoms with E-state index in [1.54, 1.807) is 23.1 Å². The normalized spacial score (nSPS) is 16.1. The highest BCUT2D eigenvalue weighted by Gasteiger charge is 2.16. The van der Waals surface area contributed by atoms with Crippen LogP contribution in [0.3, 0.4) is 0 Å². The first-order chi connectivity index (χ1) is 13.8. The standard InChI is InChI=1S/C21H22N4O3/c26-21(16-7-9-18(10-8-16)28-13-19-5-3-11-27-19)24-20-6-2-1-4-17(20)12-25-15-22-14-23-25/h1-2,4,6-10,14-15,19H,3,5,11-13H2,(H,24,26). The monoisotopic (exact) mass is 378 g/mol. The second-order valence-corrected chi connectivity index (χ2v) is 6.67. The van der Waals surface area contributed by atoms with Crippen LogP contribution in [0.5, 0.6) is 5.75 Å². The maximum atomic E-state index is 12.6. The van der Waals surface area contributed by atoms with Crippen molar-refractivity contribution in [3.63, 3.8) is 0 Å². The van der Waals surface area contributed by atoms with E-state index in [-0.39, 0.29) is 12.0 Å². The van der Waals surface area contributed by atoms with Gasteiger partial charge in [-0.2, -0.15) is 5.10 Å². The second kappa shape index (κ2) is 8.67. The summed E-state index contributed by atoms with van der Waals surface area (Å²) >= 11 is 0. The summed E-state index contributed by atoms with van der Waals surface area (Å²) < 4.78 is 13.0. The Hall–Kier alpha value is -3.19. The number of hydrogen-bond donors (Lipinski definition) is 1. The molecule has 7 heteroatoms. The molecule has 1 saturated heterocycles. The van der Waals surface area contributed by atoms with Gasteiger partial charge in [0.05, 0.1) is 12.6 Å². The van der Waals surface area contributed by atoms with Gasteiger partial charge < -0.3 is 14.8 Å². The number of aromatic nitrogens is 3. The van der Waals surface area contributed by atoms with Crippen molar-refractivity contribution in [3.8, 4) is 5.75 Å². The van der Waals surface area contributed by atoms with Crippen LogP contribution in [0.4, 0.5) is 5.69 Å². The van der Waals surface area contributed by atoms with E-state index in [1.165, 1.54) is 6.33 Å². The Labute approximate surface area is 163 Å². The van der Waals surface area contributed by atoms with E-state index >= 15 is 0 Å². The summed E-state index contributed by atoms with van der Waals surface area (Å²) in [7, 11) is 0. The van der Waals surface area contributed by atoms with Crippen LogP contribution in [0.15, 0.2) is 61.2 Å². The summed E-state index contributed by atoms with van der Waals surface area (Å²) in [5.74, 6) is 0.565. The fourth-order valence-corrected chi connectivity index (χ4v) is 3.13. The van der Waals surface area contributed by atoms with Crippen molar-refractivity contribution in [2.75, 3.05) is 18.5 Å². The zero-order chi connectivity index (χ0) is 19.2. The van der Waals surface area contributed by atoms with Crippen LogP contribution in [0.1, 0.15) is 28.8 Å². The average Bonchev–Trinajstić information content (AvgIpc) is 3.42. The topological polar surface area (TPSA) is 78.3 Å². The fraction of sp³-hybridized carbons (Fsp3) is 0.286. The maximum Gasteiger partial charge on any atom is 0.255 e. The molecular formula is C21H22N4O3. The van der Waals surface area contributed by atoms with E-state index in [0.717, 1.165) is 36.4 Å². The highest BCUT2D eigenvalue weighted by molar-refractivity contribution is 6.04. The molecular weight excluding hydrogens is 356 g/mol. The maximum absolute atomic E-state index is 12.6. The van der Waals surface area contributed by atoms with Gasteiger partial charge in [-0.3, -0.25) is 4.79 Å². The molecule has 1 atom stereocenters. The van der Waals surface area contributed by atoms with E-state index in [2.05, 4.69) is 15.4 Å². The summed E-state index contributed by atoms with van der Waals surface area (Å²) in [5.41, 5.74) is 2.28. The Bertz CT molecular complexity index is 904. The molecule has 0 radical (unpaired) electrons. The lowest BCUT2D eigenvalue weighted by atomic mass is 10.1. The Morgan fingerprint density at radius 1 is 1.21 bits per heavy atom. The second-order valence-electron chi connectivity index (χ2n) is 6.67. The van der Waals surface area contributed by atoms with Crippen molar-refractivity contribution in [2.45, 2.75) is 25.5 Å². The lowest BCUT2D eigenvalue weighted by Gasteiger charge is -2.13. The molecule has 144 valence electrons. The third-order valence-electron chi connectivity index (χ3n) is 4.64. The predicted octanol–water partition coefficient (Wildman–Crippen LogP) is 3.14. The van der Waals surface area contributed by atoms with Crippen molar-refractivity contribution in [2.24, 2.45) is 0 Å². The van der Waals surface area contributed by atoms with Crippen molar-refractivity contribution < 1.29 is 14.3 Å². The summed E-state index contributed by atoms with van der Waals surface area (Å²) in [6.07, 6.45) is 5.43. The number of anilines is 1. The quantitative estimate of drug-likeness (QED) is 0.683. The summed E-state index contributed by atoms with van der Waals surface area (Å²) in [6.45, 7) is 1.89. The number of para-hydroxylation sites is 1. The van der Waals surface area contributed by atoms with Gasteiger partial charge in [0.25, 0.3) is 5.91 Å². The van der Waals surface area contributed by atoms with E-state index in [0.29, 0.717) is 18.7 Å². The van der Waals surface area contributed by atoms with E-state index in [4.69, 9.17) is 9.47 Å². The number of ether oxygens (including phenoxy) is 2. The van der Waals surface area contributed by atoms with Crippen molar-refractivity contribution in [1.29, 1.82) is 0 Å². The van der Waals surface area contributed by atoms with E-state index in [1.807, 2.05) is 36.4 Å². The van der Waals surface area contributed by atoms with Gasteiger partial charge >= 0.3 is 0 Å². The lowest BCUT2D eigenvalue weighted by molar-refractivity contribution is 0.0679. The zero-order valence-corrected chi connectivity index (χ0v) is 15.5. The predicted molar refractivity (Wildman–Crippen MR) is 104 cm³/mol. The first-order valence-electron chi connectivity index (χ1n) is 9.34. The number of carbonyl (C=O) groups excluding carboxylic acids is 1. The van der Waals surface area contributed by atoms with E-state index < -0.39 is 0 Å². The number of amides is 1. The summed E-state index contributed by atoms with van der Waals surface area (Å²) in [6, 6.07) is 14.8. The minimum atomic E-state index is -0.170. The Balaban J connectivity index is 1.38. The Kier molecular flexibility index (Phi) is 5.63. The van der Waals surface area contributed by atoms with Gasteiger partial charge in [0.15, 0.2) is 0 Å². The number of nitrogens with one attached hydrogen (secondary N) is 1. The molecule has 1 aromatic heterocycles. The smallest absolute Gasteiger partial charge is 0.255 e. The molecule has 1 unspecified atom stereocenters. The third-order valence-corrected chi connectivity index (χ3v) is 4.64. The van der Waals surface area contributed by atoms with Crippen LogP contribution >= 0.6 is 0 Å². The number of benzene rings is 2.